The van der Waals surface area contributed by atoms with E-state index in [1.165, 1.54) is 16.7 Å². The Balaban J connectivity index is 1.50. The SMILES string of the molecule is CCC[C@]1(CO)CC[C@@]2(Cc3ccccc3)c3ccc(OCc4ccccc4)cc3CCN2C1=O. The zero-order valence-corrected chi connectivity index (χ0v) is 20.6. The molecule has 0 aliphatic carbocycles. The molecule has 182 valence electrons. The van der Waals surface area contributed by atoms with Crippen molar-refractivity contribution in [3.63, 3.8) is 0 Å². The first kappa shape index (κ1) is 23.6. The van der Waals surface area contributed by atoms with Gasteiger partial charge in [0.15, 0.2) is 0 Å². The molecule has 0 unspecified atom stereocenters. The normalized spacial score (nSPS) is 23.5. The Kier molecular flexibility index (Phi) is 6.66. The summed E-state index contributed by atoms with van der Waals surface area (Å²) in [6, 6.07) is 27.1. The van der Waals surface area contributed by atoms with Crippen molar-refractivity contribution >= 4 is 5.91 Å². The number of fused-ring (bicyclic) bond motifs is 3. The number of amides is 1. The van der Waals surface area contributed by atoms with Crippen LogP contribution in [0, 0.1) is 5.41 Å². The summed E-state index contributed by atoms with van der Waals surface area (Å²) in [5, 5.41) is 10.3. The fourth-order valence-corrected chi connectivity index (χ4v) is 6.21. The van der Waals surface area contributed by atoms with Gasteiger partial charge >= 0.3 is 0 Å². The van der Waals surface area contributed by atoms with Gasteiger partial charge in [0.2, 0.25) is 5.91 Å². The summed E-state index contributed by atoms with van der Waals surface area (Å²) in [4.78, 5) is 16.1. The van der Waals surface area contributed by atoms with E-state index < -0.39 is 11.0 Å². The van der Waals surface area contributed by atoms with E-state index in [0.29, 0.717) is 19.6 Å². The Morgan fingerprint density at radius 3 is 2.34 bits per heavy atom. The number of ether oxygens (including phenoxy) is 1. The van der Waals surface area contributed by atoms with Gasteiger partial charge < -0.3 is 14.7 Å². The second-order valence-electron chi connectivity index (χ2n) is 10.2. The molecule has 2 aliphatic heterocycles. The number of benzene rings is 3. The zero-order valence-electron chi connectivity index (χ0n) is 20.6. The molecule has 2 heterocycles. The lowest BCUT2D eigenvalue weighted by molar-refractivity contribution is -0.163. The summed E-state index contributed by atoms with van der Waals surface area (Å²) in [6.45, 7) is 3.23. The highest BCUT2D eigenvalue weighted by atomic mass is 16.5. The maximum absolute atomic E-state index is 14.0. The van der Waals surface area contributed by atoms with Crippen LogP contribution in [-0.4, -0.2) is 29.1 Å². The van der Waals surface area contributed by atoms with Gasteiger partial charge in [-0.15, -0.1) is 0 Å². The third-order valence-corrected chi connectivity index (χ3v) is 8.03. The molecule has 35 heavy (non-hydrogen) atoms. The summed E-state index contributed by atoms with van der Waals surface area (Å²) in [5.74, 6) is 0.993. The Bertz CT molecular complexity index is 1160. The summed E-state index contributed by atoms with van der Waals surface area (Å²) in [5.41, 5.74) is 3.83. The molecule has 1 N–H and O–H groups in total. The van der Waals surface area contributed by atoms with Gasteiger partial charge in [-0.25, -0.2) is 0 Å². The molecule has 1 amide bonds. The number of nitrogens with zero attached hydrogens (tertiary/aromatic N) is 1. The highest BCUT2D eigenvalue weighted by molar-refractivity contribution is 5.85. The van der Waals surface area contributed by atoms with Crippen molar-refractivity contribution in [3.05, 3.63) is 101 Å². The minimum Gasteiger partial charge on any atom is -0.489 e. The average molecular weight is 470 g/mol. The summed E-state index contributed by atoms with van der Waals surface area (Å²) in [6.07, 6.45) is 4.78. The Morgan fingerprint density at radius 2 is 1.66 bits per heavy atom. The molecule has 5 rings (SSSR count). The minimum absolute atomic E-state index is 0.0727. The summed E-state index contributed by atoms with van der Waals surface area (Å²) in [7, 11) is 0. The van der Waals surface area contributed by atoms with Crippen molar-refractivity contribution in [1.29, 1.82) is 0 Å². The van der Waals surface area contributed by atoms with Crippen LogP contribution in [0.2, 0.25) is 0 Å². The second-order valence-corrected chi connectivity index (χ2v) is 10.2. The largest absolute Gasteiger partial charge is 0.489 e. The number of rotatable bonds is 8. The van der Waals surface area contributed by atoms with Crippen molar-refractivity contribution in [2.24, 2.45) is 5.41 Å². The fraction of sp³-hybridized carbons (Fsp3) is 0.387. The standard InChI is InChI=1S/C31H35NO3/c1-2-16-30(23-33)17-18-31(21-24-9-5-3-6-10-24)28-14-13-27(35-22-25-11-7-4-8-12-25)20-26(28)15-19-32(31)29(30)34/h3-14,20,33H,2,15-19,21-23H2,1H3/t30-,31-/m1/s1. The highest BCUT2D eigenvalue weighted by Crippen LogP contribution is 2.51. The van der Waals surface area contributed by atoms with Crippen molar-refractivity contribution in [2.75, 3.05) is 13.2 Å². The van der Waals surface area contributed by atoms with E-state index in [0.717, 1.165) is 43.4 Å². The van der Waals surface area contributed by atoms with Crippen LogP contribution >= 0.6 is 0 Å². The summed E-state index contributed by atoms with van der Waals surface area (Å²) < 4.78 is 6.14. The summed E-state index contributed by atoms with van der Waals surface area (Å²) >= 11 is 0. The predicted molar refractivity (Wildman–Crippen MR) is 138 cm³/mol. The molecule has 2 aliphatic rings. The van der Waals surface area contributed by atoms with Gasteiger partial charge in [-0.05, 0) is 66.5 Å². The van der Waals surface area contributed by atoms with Gasteiger partial charge in [-0.1, -0.05) is 80.1 Å². The van der Waals surface area contributed by atoms with E-state index >= 15 is 0 Å². The molecule has 4 heteroatoms. The monoisotopic (exact) mass is 469 g/mol. The first-order chi connectivity index (χ1) is 17.1. The molecular weight excluding hydrogens is 434 g/mol. The lowest BCUT2D eigenvalue weighted by Gasteiger charge is -2.56. The van der Waals surface area contributed by atoms with E-state index in [4.69, 9.17) is 4.74 Å². The lowest BCUT2D eigenvalue weighted by atomic mass is 9.64. The molecule has 4 nitrogen and oxygen atoms in total. The molecule has 2 atom stereocenters. The maximum atomic E-state index is 14.0. The topological polar surface area (TPSA) is 49.8 Å². The van der Waals surface area contributed by atoms with Crippen LogP contribution in [-0.2, 0) is 29.8 Å². The molecule has 0 radical (unpaired) electrons. The van der Waals surface area contributed by atoms with E-state index in [9.17, 15) is 9.90 Å². The highest BCUT2D eigenvalue weighted by Gasteiger charge is 2.55. The lowest BCUT2D eigenvalue weighted by Crippen LogP contribution is -2.63. The smallest absolute Gasteiger partial charge is 0.231 e. The van der Waals surface area contributed by atoms with Crippen molar-refractivity contribution < 1.29 is 14.6 Å². The van der Waals surface area contributed by atoms with Gasteiger partial charge in [-0.2, -0.15) is 0 Å². The number of carbonyl (C=O) groups excluding carboxylic acids is 1. The van der Waals surface area contributed by atoms with E-state index in [2.05, 4.69) is 66.4 Å². The van der Waals surface area contributed by atoms with Crippen LogP contribution < -0.4 is 4.74 Å². The first-order valence-corrected chi connectivity index (χ1v) is 12.9. The van der Waals surface area contributed by atoms with Crippen LogP contribution in [0.25, 0.3) is 0 Å². The molecule has 1 fully saturated rings. The number of piperidine rings is 1. The van der Waals surface area contributed by atoms with Crippen LogP contribution in [0.5, 0.6) is 5.75 Å². The minimum atomic E-state index is -0.648. The molecule has 1 saturated heterocycles. The number of hydrogen-bond donors (Lipinski definition) is 1. The molecular formula is C31H35NO3. The zero-order chi connectivity index (χ0) is 24.3. The second kappa shape index (κ2) is 9.87. The molecule has 0 bridgehead atoms. The molecule has 0 spiro atoms. The van der Waals surface area contributed by atoms with Crippen molar-refractivity contribution in [1.82, 2.24) is 4.90 Å². The van der Waals surface area contributed by atoms with Gasteiger partial charge in [0.1, 0.15) is 12.4 Å². The van der Waals surface area contributed by atoms with Crippen LogP contribution in [0.15, 0.2) is 78.9 Å². The van der Waals surface area contributed by atoms with Crippen LogP contribution in [0.3, 0.4) is 0 Å². The molecule has 3 aromatic carbocycles. The molecule has 0 aromatic heterocycles. The van der Waals surface area contributed by atoms with E-state index in [-0.39, 0.29) is 12.5 Å². The number of aliphatic hydroxyl groups is 1. The van der Waals surface area contributed by atoms with Crippen LogP contribution in [0.1, 0.15) is 54.9 Å². The number of carbonyl (C=O) groups is 1. The van der Waals surface area contributed by atoms with E-state index in [1.54, 1.807) is 0 Å². The molecule has 3 aromatic rings. The van der Waals surface area contributed by atoms with Gasteiger partial charge in [0.25, 0.3) is 0 Å². The first-order valence-electron chi connectivity index (χ1n) is 12.9. The van der Waals surface area contributed by atoms with Crippen molar-refractivity contribution in [2.45, 2.75) is 57.6 Å². The number of hydrogen-bond acceptors (Lipinski definition) is 3. The average Bonchev–Trinajstić information content (AvgIpc) is 2.90. The third kappa shape index (κ3) is 4.36. The third-order valence-electron chi connectivity index (χ3n) is 8.03. The molecule has 0 saturated carbocycles. The van der Waals surface area contributed by atoms with Gasteiger partial charge in [0.05, 0.1) is 17.6 Å². The Hall–Kier alpha value is -3.11. The Morgan fingerprint density at radius 1 is 0.943 bits per heavy atom. The quantitative estimate of drug-likeness (QED) is 0.463. The Labute approximate surface area is 208 Å². The van der Waals surface area contributed by atoms with Gasteiger partial charge in [0, 0.05) is 6.54 Å². The predicted octanol–water partition coefficient (Wildman–Crippen LogP) is 5.66. The number of aliphatic hydroxyl groups excluding tert-OH is 1. The van der Waals surface area contributed by atoms with E-state index in [1.807, 2.05) is 24.3 Å². The van der Waals surface area contributed by atoms with Gasteiger partial charge in [-0.3, -0.25) is 4.79 Å². The fourth-order valence-electron chi connectivity index (χ4n) is 6.21. The van der Waals surface area contributed by atoms with Crippen LogP contribution in [0.4, 0.5) is 0 Å². The maximum Gasteiger partial charge on any atom is 0.231 e. The van der Waals surface area contributed by atoms with Crippen molar-refractivity contribution in [3.8, 4) is 5.75 Å².